The third-order valence-electron chi connectivity index (χ3n) is 1.93. The number of guanidine groups is 1. The molecule has 0 fully saturated rings. The molecule has 3 N–H and O–H groups in total. The number of aryl methyl sites for hydroxylation is 1. The number of nitrogens with one attached hydrogen (secondary N) is 1. The monoisotopic (exact) mass is 202 g/mol. The minimum atomic E-state index is 0.186. The number of nitrogens with two attached hydrogens (primary N) is 1. The van der Waals surface area contributed by atoms with Gasteiger partial charge in [0, 0.05) is 6.54 Å². The van der Waals surface area contributed by atoms with Crippen LogP contribution in [0.1, 0.15) is 12.0 Å². The number of hydrogen-bond acceptors (Lipinski definition) is 2. The topological polar surface area (TPSA) is 74.2 Å². The maximum absolute atomic E-state index is 8.25. The first-order chi connectivity index (χ1) is 7.33. The summed E-state index contributed by atoms with van der Waals surface area (Å²) in [6, 6.07) is 10.2. The second-order valence-electron chi connectivity index (χ2n) is 3.09. The molecule has 0 aromatic heterocycles. The summed E-state index contributed by atoms with van der Waals surface area (Å²) in [4.78, 5) is 3.99. The Morgan fingerprint density at radius 2 is 2.13 bits per heavy atom. The van der Waals surface area contributed by atoms with Gasteiger partial charge in [0.25, 0.3) is 0 Å². The van der Waals surface area contributed by atoms with E-state index in [1.165, 1.54) is 5.56 Å². The van der Waals surface area contributed by atoms with Crippen molar-refractivity contribution in [1.29, 1.82) is 5.26 Å². The van der Waals surface area contributed by atoms with E-state index >= 15 is 0 Å². The average Bonchev–Trinajstić information content (AvgIpc) is 2.26. The molecule has 4 heteroatoms. The standard InChI is InChI=1S/C11H14N4/c12-9-15-11(13)14-8-4-7-10-5-2-1-3-6-10/h1-3,5-6H,4,7-8H2,(H3,13,14,15). The molecule has 0 aliphatic carbocycles. The summed E-state index contributed by atoms with van der Waals surface area (Å²) in [5.41, 5.74) is 6.67. The molecule has 0 atom stereocenters. The van der Waals surface area contributed by atoms with Gasteiger partial charge in [-0.05, 0) is 18.4 Å². The summed E-state index contributed by atoms with van der Waals surface area (Å²) in [5.74, 6) is 0.186. The largest absolute Gasteiger partial charge is 0.369 e. The Kier molecular flexibility index (Phi) is 4.74. The van der Waals surface area contributed by atoms with Gasteiger partial charge in [-0.3, -0.25) is 10.3 Å². The van der Waals surface area contributed by atoms with Crippen LogP contribution in [0, 0.1) is 11.5 Å². The zero-order valence-electron chi connectivity index (χ0n) is 8.48. The van der Waals surface area contributed by atoms with Crippen molar-refractivity contribution < 1.29 is 0 Å². The molecular weight excluding hydrogens is 188 g/mol. The molecule has 1 aromatic carbocycles. The quantitative estimate of drug-likeness (QED) is 0.251. The Hall–Kier alpha value is -2.02. The van der Waals surface area contributed by atoms with Gasteiger partial charge in [0.1, 0.15) is 0 Å². The molecule has 0 unspecified atom stereocenters. The number of rotatable bonds is 4. The second kappa shape index (κ2) is 6.44. The van der Waals surface area contributed by atoms with Crippen molar-refractivity contribution in [1.82, 2.24) is 5.32 Å². The second-order valence-corrected chi connectivity index (χ2v) is 3.09. The lowest BCUT2D eigenvalue weighted by Crippen LogP contribution is -2.27. The lowest BCUT2D eigenvalue weighted by atomic mass is 10.1. The highest BCUT2D eigenvalue weighted by atomic mass is 15.1. The van der Waals surface area contributed by atoms with E-state index in [1.807, 2.05) is 18.2 Å². The molecule has 1 aromatic rings. The predicted molar refractivity (Wildman–Crippen MR) is 60.0 cm³/mol. The van der Waals surface area contributed by atoms with E-state index in [0.717, 1.165) is 12.8 Å². The number of nitriles is 1. The summed E-state index contributed by atoms with van der Waals surface area (Å²) in [7, 11) is 0. The van der Waals surface area contributed by atoms with Crippen LogP contribution in [0.5, 0.6) is 0 Å². The SMILES string of the molecule is N#CNC(N)=NCCCc1ccccc1. The van der Waals surface area contributed by atoms with E-state index in [1.54, 1.807) is 6.19 Å². The Morgan fingerprint density at radius 3 is 2.80 bits per heavy atom. The van der Waals surface area contributed by atoms with Crippen molar-refractivity contribution in [3.05, 3.63) is 35.9 Å². The molecule has 0 heterocycles. The van der Waals surface area contributed by atoms with Crippen LogP contribution in [-0.4, -0.2) is 12.5 Å². The van der Waals surface area contributed by atoms with Crippen LogP contribution in [0.4, 0.5) is 0 Å². The van der Waals surface area contributed by atoms with Crippen LogP contribution < -0.4 is 11.1 Å². The number of nitrogens with zero attached hydrogens (tertiary/aromatic N) is 2. The first kappa shape index (κ1) is 11.1. The van der Waals surface area contributed by atoms with E-state index in [0.29, 0.717) is 6.54 Å². The minimum Gasteiger partial charge on any atom is -0.369 e. The van der Waals surface area contributed by atoms with Gasteiger partial charge in [0.2, 0.25) is 5.96 Å². The molecule has 0 amide bonds. The predicted octanol–water partition coefficient (Wildman–Crippen LogP) is 1.00. The zero-order valence-corrected chi connectivity index (χ0v) is 8.48. The summed E-state index contributed by atoms with van der Waals surface area (Å²) in [6.07, 6.45) is 3.63. The Morgan fingerprint density at radius 1 is 1.40 bits per heavy atom. The fraction of sp³-hybridized carbons (Fsp3) is 0.273. The fourth-order valence-corrected chi connectivity index (χ4v) is 1.22. The first-order valence-electron chi connectivity index (χ1n) is 4.82. The zero-order chi connectivity index (χ0) is 10.9. The van der Waals surface area contributed by atoms with Gasteiger partial charge in [-0.1, -0.05) is 30.3 Å². The summed E-state index contributed by atoms with van der Waals surface area (Å²) in [6.45, 7) is 0.634. The van der Waals surface area contributed by atoms with E-state index in [9.17, 15) is 0 Å². The number of aliphatic imine (C=N–C) groups is 1. The maximum Gasteiger partial charge on any atom is 0.202 e. The molecule has 0 radical (unpaired) electrons. The summed E-state index contributed by atoms with van der Waals surface area (Å²) >= 11 is 0. The van der Waals surface area contributed by atoms with Gasteiger partial charge in [-0.25, -0.2) is 0 Å². The fourth-order valence-electron chi connectivity index (χ4n) is 1.22. The van der Waals surface area contributed by atoms with Gasteiger partial charge >= 0.3 is 0 Å². The van der Waals surface area contributed by atoms with Crippen molar-refractivity contribution in [2.45, 2.75) is 12.8 Å². The number of hydrogen-bond donors (Lipinski definition) is 2. The van der Waals surface area contributed by atoms with E-state index in [4.69, 9.17) is 11.0 Å². The molecule has 15 heavy (non-hydrogen) atoms. The van der Waals surface area contributed by atoms with Crippen LogP contribution in [-0.2, 0) is 6.42 Å². The van der Waals surface area contributed by atoms with Crippen molar-refractivity contribution in [2.75, 3.05) is 6.54 Å². The smallest absolute Gasteiger partial charge is 0.202 e. The molecule has 78 valence electrons. The van der Waals surface area contributed by atoms with E-state index in [-0.39, 0.29) is 5.96 Å². The lowest BCUT2D eigenvalue weighted by molar-refractivity contribution is 0.828. The Bertz CT molecular complexity index is 351. The average molecular weight is 202 g/mol. The Labute approximate surface area is 89.4 Å². The molecule has 4 nitrogen and oxygen atoms in total. The van der Waals surface area contributed by atoms with Crippen molar-refractivity contribution in [3.8, 4) is 6.19 Å². The van der Waals surface area contributed by atoms with Gasteiger partial charge in [-0.2, -0.15) is 5.26 Å². The van der Waals surface area contributed by atoms with Crippen LogP contribution >= 0.6 is 0 Å². The van der Waals surface area contributed by atoms with Gasteiger partial charge < -0.3 is 5.73 Å². The first-order valence-corrected chi connectivity index (χ1v) is 4.82. The molecule has 0 saturated carbocycles. The molecule has 0 saturated heterocycles. The molecule has 0 bridgehead atoms. The van der Waals surface area contributed by atoms with Gasteiger partial charge in [0.15, 0.2) is 6.19 Å². The van der Waals surface area contributed by atoms with Gasteiger partial charge in [0.05, 0.1) is 0 Å². The maximum atomic E-state index is 8.25. The molecule has 0 aliphatic heterocycles. The van der Waals surface area contributed by atoms with Crippen LogP contribution in [0.25, 0.3) is 0 Å². The molecule has 0 aliphatic rings. The summed E-state index contributed by atoms with van der Waals surface area (Å²) < 4.78 is 0. The number of benzene rings is 1. The van der Waals surface area contributed by atoms with E-state index in [2.05, 4.69) is 22.4 Å². The van der Waals surface area contributed by atoms with Crippen molar-refractivity contribution in [2.24, 2.45) is 10.7 Å². The lowest BCUT2D eigenvalue weighted by Gasteiger charge is -1.99. The molecule has 1 rings (SSSR count). The van der Waals surface area contributed by atoms with Crippen LogP contribution in [0.3, 0.4) is 0 Å². The normalized spacial score (nSPS) is 10.7. The van der Waals surface area contributed by atoms with Crippen LogP contribution in [0.15, 0.2) is 35.3 Å². The third-order valence-corrected chi connectivity index (χ3v) is 1.93. The molecular formula is C11H14N4. The van der Waals surface area contributed by atoms with Crippen molar-refractivity contribution in [3.63, 3.8) is 0 Å². The Balaban J connectivity index is 2.23. The highest BCUT2D eigenvalue weighted by molar-refractivity contribution is 5.79. The summed E-state index contributed by atoms with van der Waals surface area (Å²) in [5, 5.41) is 10.5. The minimum absolute atomic E-state index is 0.186. The third kappa shape index (κ3) is 4.67. The van der Waals surface area contributed by atoms with Gasteiger partial charge in [-0.15, -0.1) is 0 Å². The highest BCUT2D eigenvalue weighted by Crippen LogP contribution is 2.01. The van der Waals surface area contributed by atoms with Crippen molar-refractivity contribution >= 4 is 5.96 Å². The molecule has 0 spiro atoms. The van der Waals surface area contributed by atoms with Crippen LogP contribution in [0.2, 0.25) is 0 Å². The van der Waals surface area contributed by atoms with E-state index < -0.39 is 0 Å². The highest BCUT2D eigenvalue weighted by Gasteiger charge is 1.91.